The maximum absolute atomic E-state index is 10.5. The van der Waals surface area contributed by atoms with Crippen LogP contribution in [0.15, 0.2) is 0 Å². The van der Waals surface area contributed by atoms with Crippen LogP contribution in [0.3, 0.4) is 0 Å². The van der Waals surface area contributed by atoms with E-state index < -0.39 is 5.60 Å². The molecule has 3 N–H and O–H groups in total. The number of nitrogens with zero attached hydrogens (tertiary/aromatic N) is 2. The van der Waals surface area contributed by atoms with Crippen LogP contribution in [0.25, 0.3) is 0 Å². The average molecular weight is 255 g/mol. The van der Waals surface area contributed by atoms with Crippen molar-refractivity contribution in [2.45, 2.75) is 32.3 Å². The molecule has 0 radical (unpaired) electrons. The van der Waals surface area contributed by atoms with Crippen LogP contribution in [-0.4, -0.2) is 66.3 Å². The third-order valence-electron chi connectivity index (χ3n) is 4.28. The van der Waals surface area contributed by atoms with Gasteiger partial charge in [0.2, 0.25) is 0 Å². The van der Waals surface area contributed by atoms with E-state index in [1.807, 2.05) is 0 Å². The predicted molar refractivity (Wildman–Crippen MR) is 74.4 cm³/mol. The molecule has 0 aromatic carbocycles. The summed E-state index contributed by atoms with van der Waals surface area (Å²) in [5, 5.41) is 10.5. The van der Waals surface area contributed by atoms with Gasteiger partial charge in [0.15, 0.2) is 0 Å². The monoisotopic (exact) mass is 255 g/mol. The maximum atomic E-state index is 10.5. The summed E-state index contributed by atoms with van der Waals surface area (Å²) in [5.41, 5.74) is 5.15. The molecule has 1 atom stereocenters. The van der Waals surface area contributed by atoms with E-state index >= 15 is 0 Å². The fourth-order valence-electron chi connectivity index (χ4n) is 3.01. The van der Waals surface area contributed by atoms with Crippen molar-refractivity contribution in [3.05, 3.63) is 0 Å². The minimum atomic E-state index is -0.625. The molecule has 4 heteroatoms. The quantitative estimate of drug-likeness (QED) is 0.719. The van der Waals surface area contributed by atoms with Crippen molar-refractivity contribution in [2.24, 2.45) is 17.6 Å². The van der Waals surface area contributed by atoms with Gasteiger partial charge in [-0.1, -0.05) is 13.8 Å². The van der Waals surface area contributed by atoms with Crippen molar-refractivity contribution in [2.75, 3.05) is 45.8 Å². The summed E-state index contributed by atoms with van der Waals surface area (Å²) in [6, 6.07) is 0. The molecule has 0 aromatic heterocycles. The Kier molecular flexibility index (Phi) is 4.64. The molecule has 2 aliphatic rings. The van der Waals surface area contributed by atoms with Gasteiger partial charge in [0.05, 0.1) is 5.60 Å². The summed E-state index contributed by atoms with van der Waals surface area (Å²) in [6.45, 7) is 11.3. The molecular formula is C14H29N3O. The Morgan fingerprint density at radius 2 is 1.72 bits per heavy atom. The third kappa shape index (κ3) is 3.67. The Labute approximate surface area is 111 Å². The zero-order valence-electron chi connectivity index (χ0n) is 11.9. The van der Waals surface area contributed by atoms with E-state index in [4.69, 9.17) is 5.73 Å². The van der Waals surface area contributed by atoms with Crippen LogP contribution in [0.4, 0.5) is 0 Å². The lowest BCUT2D eigenvalue weighted by Crippen LogP contribution is -2.55. The summed E-state index contributed by atoms with van der Waals surface area (Å²) in [5.74, 6) is 1.19. The molecule has 0 bridgehead atoms. The second kappa shape index (κ2) is 5.87. The van der Waals surface area contributed by atoms with Gasteiger partial charge in [-0.05, 0) is 24.7 Å². The molecule has 4 nitrogen and oxygen atoms in total. The minimum absolute atomic E-state index is 0.407. The van der Waals surface area contributed by atoms with Crippen LogP contribution < -0.4 is 5.73 Å². The first-order chi connectivity index (χ1) is 8.53. The molecule has 1 saturated carbocycles. The fourth-order valence-corrected chi connectivity index (χ4v) is 3.01. The van der Waals surface area contributed by atoms with Crippen LogP contribution >= 0.6 is 0 Å². The molecule has 1 aliphatic carbocycles. The van der Waals surface area contributed by atoms with Crippen molar-refractivity contribution in [3.63, 3.8) is 0 Å². The molecule has 0 spiro atoms. The Balaban J connectivity index is 1.75. The highest BCUT2D eigenvalue weighted by atomic mass is 16.3. The van der Waals surface area contributed by atoms with E-state index in [0.29, 0.717) is 12.5 Å². The van der Waals surface area contributed by atoms with Crippen molar-refractivity contribution >= 4 is 0 Å². The number of rotatable bonds is 6. The molecule has 2 fully saturated rings. The highest BCUT2D eigenvalue weighted by Crippen LogP contribution is 2.39. The van der Waals surface area contributed by atoms with Gasteiger partial charge >= 0.3 is 0 Å². The zero-order chi connectivity index (χ0) is 13.2. The Hall–Kier alpha value is -0.160. The van der Waals surface area contributed by atoms with E-state index in [1.165, 1.54) is 6.54 Å². The van der Waals surface area contributed by atoms with Crippen LogP contribution in [0.1, 0.15) is 26.7 Å². The number of aliphatic hydroxyl groups is 1. The van der Waals surface area contributed by atoms with E-state index in [1.54, 1.807) is 0 Å². The maximum Gasteiger partial charge on any atom is 0.0923 e. The van der Waals surface area contributed by atoms with Crippen LogP contribution in [0.2, 0.25) is 0 Å². The summed E-state index contributed by atoms with van der Waals surface area (Å²) in [4.78, 5) is 4.92. The summed E-state index contributed by atoms with van der Waals surface area (Å²) >= 11 is 0. The lowest BCUT2D eigenvalue weighted by Gasteiger charge is -2.39. The van der Waals surface area contributed by atoms with Crippen LogP contribution in [-0.2, 0) is 0 Å². The SMILES string of the molecule is CC(C)CN1CCN(CC(O)(CN)C2CC2)CC1. The molecule has 1 aliphatic heterocycles. The minimum Gasteiger partial charge on any atom is -0.387 e. The molecule has 0 aromatic rings. The molecule has 0 amide bonds. The zero-order valence-corrected chi connectivity index (χ0v) is 11.9. The molecule has 1 saturated heterocycles. The van der Waals surface area contributed by atoms with Crippen LogP contribution in [0.5, 0.6) is 0 Å². The summed E-state index contributed by atoms with van der Waals surface area (Å²) in [6.07, 6.45) is 2.31. The Morgan fingerprint density at radius 3 is 2.17 bits per heavy atom. The van der Waals surface area contributed by atoms with Gasteiger partial charge in [-0.2, -0.15) is 0 Å². The molecule has 1 unspecified atom stereocenters. The average Bonchev–Trinajstić information content (AvgIpc) is 3.15. The van der Waals surface area contributed by atoms with Gasteiger partial charge < -0.3 is 15.7 Å². The van der Waals surface area contributed by atoms with Crippen molar-refractivity contribution < 1.29 is 5.11 Å². The first kappa shape index (κ1) is 14.3. The van der Waals surface area contributed by atoms with Gasteiger partial charge in [0, 0.05) is 45.8 Å². The second-order valence-corrected chi connectivity index (χ2v) is 6.55. The molecule has 1 heterocycles. The van der Waals surface area contributed by atoms with E-state index in [-0.39, 0.29) is 0 Å². The molecule has 2 rings (SSSR count). The van der Waals surface area contributed by atoms with Gasteiger partial charge in [0.1, 0.15) is 0 Å². The van der Waals surface area contributed by atoms with E-state index in [9.17, 15) is 5.11 Å². The van der Waals surface area contributed by atoms with Crippen molar-refractivity contribution in [1.29, 1.82) is 0 Å². The first-order valence-electron chi connectivity index (χ1n) is 7.40. The summed E-state index contributed by atoms with van der Waals surface area (Å²) < 4.78 is 0. The van der Waals surface area contributed by atoms with Gasteiger partial charge in [-0.25, -0.2) is 0 Å². The number of piperazine rings is 1. The Bertz CT molecular complexity index is 260. The number of nitrogens with two attached hydrogens (primary N) is 1. The van der Waals surface area contributed by atoms with Crippen LogP contribution in [0, 0.1) is 11.8 Å². The topological polar surface area (TPSA) is 52.7 Å². The summed E-state index contributed by atoms with van der Waals surface area (Å²) in [7, 11) is 0. The van der Waals surface area contributed by atoms with Crippen molar-refractivity contribution in [1.82, 2.24) is 9.80 Å². The lowest BCUT2D eigenvalue weighted by atomic mass is 9.97. The number of hydrogen-bond acceptors (Lipinski definition) is 4. The number of β-amino-alcohol motifs (C(OH)–C–C–N with tert-alkyl or cyclic N) is 1. The highest BCUT2D eigenvalue weighted by Gasteiger charge is 2.43. The van der Waals surface area contributed by atoms with Crippen molar-refractivity contribution in [3.8, 4) is 0 Å². The lowest BCUT2D eigenvalue weighted by molar-refractivity contribution is -0.0205. The largest absolute Gasteiger partial charge is 0.387 e. The second-order valence-electron chi connectivity index (χ2n) is 6.55. The highest BCUT2D eigenvalue weighted by molar-refractivity contribution is 4.98. The third-order valence-corrected chi connectivity index (χ3v) is 4.28. The van der Waals surface area contributed by atoms with Gasteiger partial charge in [0.25, 0.3) is 0 Å². The van der Waals surface area contributed by atoms with E-state index in [2.05, 4.69) is 23.6 Å². The predicted octanol–water partition coefficient (Wildman–Crippen LogP) is 0.360. The standard InChI is InChI=1S/C14H29N3O/c1-12(2)9-16-5-7-17(8-6-16)11-14(18,10-15)13-3-4-13/h12-13,18H,3-11,15H2,1-2H3. The number of hydrogen-bond donors (Lipinski definition) is 2. The smallest absolute Gasteiger partial charge is 0.0923 e. The molecule has 18 heavy (non-hydrogen) atoms. The Morgan fingerprint density at radius 1 is 1.17 bits per heavy atom. The van der Waals surface area contributed by atoms with E-state index in [0.717, 1.165) is 51.5 Å². The van der Waals surface area contributed by atoms with Gasteiger partial charge in [-0.15, -0.1) is 0 Å². The first-order valence-corrected chi connectivity index (χ1v) is 7.40. The van der Waals surface area contributed by atoms with Gasteiger partial charge in [-0.3, -0.25) is 4.90 Å². The molecule has 106 valence electrons. The normalized spacial score (nSPS) is 26.5. The fraction of sp³-hybridized carbons (Fsp3) is 1.00. The molecular weight excluding hydrogens is 226 g/mol.